The summed E-state index contributed by atoms with van der Waals surface area (Å²) < 4.78 is 4.49. The number of hydrogen-bond donors (Lipinski definition) is 1. The minimum absolute atomic E-state index is 0.323. The molecule has 0 aromatic carbocycles. The number of nitrogens with zero attached hydrogens (tertiary/aromatic N) is 1. The van der Waals surface area contributed by atoms with Gasteiger partial charge in [0.1, 0.15) is 0 Å². The Morgan fingerprint density at radius 3 is 2.80 bits per heavy atom. The van der Waals surface area contributed by atoms with Crippen LogP contribution in [-0.2, 0) is 9.53 Å². The zero-order valence-corrected chi connectivity index (χ0v) is 9.53. The number of likely N-dealkylation sites (tertiary alicyclic amines) is 1. The highest BCUT2D eigenvalue weighted by Crippen LogP contribution is 2.07. The standard InChI is InChI=1S/C11H20N2O2/c1-10(9-13-7-3-4-8-13)12-6-5-11(14)15-2/h5-6,10,12H,3-4,7-9H2,1-2H3/b6-5+. The molecule has 0 aliphatic carbocycles. The maximum Gasteiger partial charge on any atom is 0.331 e. The Balaban J connectivity index is 2.14. The Kier molecular flexibility index (Phi) is 5.18. The molecule has 0 bridgehead atoms. The molecule has 1 fully saturated rings. The fourth-order valence-electron chi connectivity index (χ4n) is 1.75. The molecule has 0 spiro atoms. The third kappa shape index (κ3) is 4.83. The molecule has 4 heteroatoms. The van der Waals surface area contributed by atoms with E-state index in [0.717, 1.165) is 6.54 Å². The van der Waals surface area contributed by atoms with Gasteiger partial charge in [-0.15, -0.1) is 0 Å². The van der Waals surface area contributed by atoms with Crippen molar-refractivity contribution in [1.29, 1.82) is 0 Å². The predicted octanol–water partition coefficient (Wildman–Crippen LogP) is 0.747. The number of methoxy groups -OCH3 is 1. The van der Waals surface area contributed by atoms with Gasteiger partial charge in [0, 0.05) is 24.9 Å². The van der Waals surface area contributed by atoms with E-state index >= 15 is 0 Å². The quantitative estimate of drug-likeness (QED) is 0.539. The van der Waals surface area contributed by atoms with Crippen molar-refractivity contribution in [2.24, 2.45) is 0 Å². The average molecular weight is 212 g/mol. The lowest BCUT2D eigenvalue weighted by atomic mass is 10.3. The molecule has 0 aromatic heterocycles. The maximum atomic E-state index is 10.8. The molecule has 0 aromatic rings. The monoisotopic (exact) mass is 212 g/mol. The second-order valence-corrected chi connectivity index (χ2v) is 3.93. The van der Waals surface area contributed by atoms with Crippen LogP contribution in [0.2, 0.25) is 0 Å². The molecule has 1 aliphatic rings. The molecule has 1 unspecified atom stereocenters. The fourth-order valence-corrected chi connectivity index (χ4v) is 1.75. The van der Waals surface area contributed by atoms with Gasteiger partial charge in [0.25, 0.3) is 0 Å². The highest BCUT2D eigenvalue weighted by Gasteiger charge is 2.13. The van der Waals surface area contributed by atoms with E-state index in [1.807, 2.05) is 0 Å². The van der Waals surface area contributed by atoms with Crippen LogP contribution < -0.4 is 5.32 Å². The van der Waals surface area contributed by atoms with Gasteiger partial charge in [-0.3, -0.25) is 0 Å². The third-order valence-corrected chi connectivity index (χ3v) is 2.53. The van der Waals surface area contributed by atoms with E-state index in [0.29, 0.717) is 6.04 Å². The Morgan fingerprint density at radius 2 is 2.20 bits per heavy atom. The van der Waals surface area contributed by atoms with E-state index in [1.165, 1.54) is 39.1 Å². The molecule has 0 amide bonds. The van der Waals surface area contributed by atoms with Crippen LogP contribution in [0.4, 0.5) is 0 Å². The van der Waals surface area contributed by atoms with Crippen LogP contribution in [0.15, 0.2) is 12.3 Å². The van der Waals surface area contributed by atoms with E-state index in [9.17, 15) is 4.79 Å². The number of ether oxygens (including phenoxy) is 1. The van der Waals surface area contributed by atoms with Crippen molar-refractivity contribution in [3.8, 4) is 0 Å². The SMILES string of the molecule is COC(=O)/C=C/NC(C)CN1CCCC1. The Hall–Kier alpha value is -1.03. The van der Waals surface area contributed by atoms with Gasteiger partial charge in [-0.25, -0.2) is 4.79 Å². The first-order chi connectivity index (χ1) is 7.22. The van der Waals surface area contributed by atoms with Crippen molar-refractivity contribution in [3.05, 3.63) is 12.3 Å². The highest BCUT2D eigenvalue weighted by atomic mass is 16.5. The van der Waals surface area contributed by atoms with Gasteiger partial charge in [0.05, 0.1) is 7.11 Å². The van der Waals surface area contributed by atoms with Gasteiger partial charge >= 0.3 is 5.97 Å². The smallest absolute Gasteiger partial charge is 0.331 e. The topological polar surface area (TPSA) is 41.6 Å². The van der Waals surface area contributed by atoms with Crippen molar-refractivity contribution in [2.75, 3.05) is 26.7 Å². The van der Waals surface area contributed by atoms with E-state index in [-0.39, 0.29) is 5.97 Å². The minimum atomic E-state index is -0.323. The van der Waals surface area contributed by atoms with Gasteiger partial charge in [-0.1, -0.05) is 0 Å². The van der Waals surface area contributed by atoms with Crippen molar-refractivity contribution >= 4 is 5.97 Å². The van der Waals surface area contributed by atoms with Crippen molar-refractivity contribution < 1.29 is 9.53 Å². The summed E-state index contributed by atoms with van der Waals surface area (Å²) in [7, 11) is 1.38. The fraction of sp³-hybridized carbons (Fsp3) is 0.727. The van der Waals surface area contributed by atoms with Crippen LogP contribution >= 0.6 is 0 Å². The molecule has 86 valence electrons. The summed E-state index contributed by atoms with van der Waals surface area (Å²) >= 11 is 0. The maximum absolute atomic E-state index is 10.8. The molecule has 1 heterocycles. The van der Waals surface area contributed by atoms with Gasteiger partial charge in [-0.05, 0) is 32.9 Å². The largest absolute Gasteiger partial charge is 0.466 e. The predicted molar refractivity (Wildman–Crippen MR) is 59.4 cm³/mol. The first kappa shape index (κ1) is 12.0. The molecule has 4 nitrogen and oxygen atoms in total. The number of hydrogen-bond acceptors (Lipinski definition) is 4. The zero-order chi connectivity index (χ0) is 11.1. The molecule has 0 radical (unpaired) electrons. The number of carbonyl (C=O) groups is 1. The number of esters is 1. The van der Waals surface area contributed by atoms with Gasteiger partial charge < -0.3 is 15.0 Å². The van der Waals surface area contributed by atoms with Crippen LogP contribution in [0, 0.1) is 0 Å². The van der Waals surface area contributed by atoms with E-state index in [2.05, 4.69) is 21.9 Å². The highest BCUT2D eigenvalue weighted by molar-refractivity contribution is 5.81. The Labute approximate surface area is 91.3 Å². The summed E-state index contributed by atoms with van der Waals surface area (Å²) in [6.45, 7) is 5.55. The third-order valence-electron chi connectivity index (χ3n) is 2.53. The second kappa shape index (κ2) is 6.45. The van der Waals surface area contributed by atoms with Crippen LogP contribution in [0.3, 0.4) is 0 Å². The molecule has 1 saturated heterocycles. The molecular formula is C11H20N2O2. The minimum Gasteiger partial charge on any atom is -0.466 e. The molecule has 1 N–H and O–H groups in total. The number of nitrogens with one attached hydrogen (secondary N) is 1. The lowest BCUT2D eigenvalue weighted by molar-refractivity contribution is -0.134. The zero-order valence-electron chi connectivity index (χ0n) is 9.53. The summed E-state index contributed by atoms with van der Waals surface area (Å²) in [5, 5.41) is 3.15. The van der Waals surface area contributed by atoms with E-state index in [1.54, 1.807) is 6.20 Å². The van der Waals surface area contributed by atoms with Crippen LogP contribution in [-0.4, -0.2) is 43.7 Å². The molecule has 1 aliphatic heterocycles. The van der Waals surface area contributed by atoms with E-state index < -0.39 is 0 Å². The van der Waals surface area contributed by atoms with Crippen LogP contribution in [0.5, 0.6) is 0 Å². The molecular weight excluding hydrogens is 192 g/mol. The van der Waals surface area contributed by atoms with Crippen LogP contribution in [0.1, 0.15) is 19.8 Å². The van der Waals surface area contributed by atoms with Crippen molar-refractivity contribution in [1.82, 2.24) is 10.2 Å². The van der Waals surface area contributed by atoms with Crippen molar-refractivity contribution in [2.45, 2.75) is 25.8 Å². The lowest BCUT2D eigenvalue weighted by Crippen LogP contribution is -2.35. The van der Waals surface area contributed by atoms with Gasteiger partial charge in [0.15, 0.2) is 0 Å². The number of rotatable bonds is 5. The summed E-state index contributed by atoms with van der Waals surface area (Å²) in [6.07, 6.45) is 5.68. The van der Waals surface area contributed by atoms with E-state index in [4.69, 9.17) is 0 Å². The van der Waals surface area contributed by atoms with Gasteiger partial charge in [0.2, 0.25) is 0 Å². The van der Waals surface area contributed by atoms with Crippen molar-refractivity contribution in [3.63, 3.8) is 0 Å². The summed E-state index contributed by atoms with van der Waals surface area (Å²) in [4.78, 5) is 13.2. The average Bonchev–Trinajstić information content (AvgIpc) is 2.70. The molecule has 0 saturated carbocycles. The first-order valence-electron chi connectivity index (χ1n) is 5.45. The molecule has 15 heavy (non-hydrogen) atoms. The second-order valence-electron chi connectivity index (χ2n) is 3.93. The Morgan fingerprint density at radius 1 is 1.53 bits per heavy atom. The Bertz CT molecular complexity index is 223. The number of carbonyl (C=O) groups excluding carboxylic acids is 1. The summed E-state index contributed by atoms with van der Waals surface area (Å²) in [5.41, 5.74) is 0. The summed E-state index contributed by atoms with van der Waals surface area (Å²) in [5.74, 6) is -0.323. The van der Waals surface area contributed by atoms with Crippen LogP contribution in [0.25, 0.3) is 0 Å². The molecule has 1 atom stereocenters. The molecule has 1 rings (SSSR count). The normalized spacial score (nSPS) is 19.3. The lowest BCUT2D eigenvalue weighted by Gasteiger charge is -2.20. The van der Waals surface area contributed by atoms with Gasteiger partial charge in [-0.2, -0.15) is 0 Å². The first-order valence-corrected chi connectivity index (χ1v) is 5.45. The summed E-state index contributed by atoms with van der Waals surface area (Å²) in [6, 6.07) is 0.365.